The minimum Gasteiger partial charge on any atom is -0.310 e. The number of nitrogens with one attached hydrogen (secondary N) is 1. The molecule has 2 heteroatoms. The van der Waals surface area contributed by atoms with E-state index < -0.39 is 0 Å². The van der Waals surface area contributed by atoms with Crippen molar-refractivity contribution in [3.8, 4) is 0 Å². The van der Waals surface area contributed by atoms with Crippen molar-refractivity contribution in [2.75, 3.05) is 6.54 Å². The van der Waals surface area contributed by atoms with Gasteiger partial charge in [0.15, 0.2) is 0 Å². The van der Waals surface area contributed by atoms with E-state index in [9.17, 15) is 0 Å². The average molecular weight is 270 g/mol. The highest BCUT2D eigenvalue weighted by Crippen LogP contribution is 2.25. The highest BCUT2D eigenvalue weighted by atomic mass is 79.9. The van der Waals surface area contributed by atoms with Crippen molar-refractivity contribution in [1.82, 2.24) is 5.32 Å². The Bertz CT molecular complexity index is 334. The van der Waals surface area contributed by atoms with Crippen molar-refractivity contribution in [1.29, 1.82) is 0 Å². The molecule has 0 aliphatic heterocycles. The van der Waals surface area contributed by atoms with Crippen LogP contribution in [0.3, 0.4) is 0 Å². The van der Waals surface area contributed by atoms with E-state index in [0.29, 0.717) is 6.04 Å². The molecule has 1 nitrogen and oxygen atoms in total. The Balaban J connectivity index is 2.88. The first-order chi connectivity index (χ1) is 7.06. The zero-order chi connectivity index (χ0) is 11.4. The Labute approximate surface area is 101 Å². The summed E-state index contributed by atoms with van der Waals surface area (Å²) in [6, 6.07) is 4.92. The fraction of sp³-hybridized carbons (Fsp3) is 0.538. The van der Waals surface area contributed by atoms with Gasteiger partial charge in [-0.1, -0.05) is 28.9 Å². The lowest BCUT2D eigenvalue weighted by atomic mass is 10.00. The van der Waals surface area contributed by atoms with Crippen LogP contribution < -0.4 is 5.32 Å². The van der Waals surface area contributed by atoms with E-state index >= 15 is 0 Å². The van der Waals surface area contributed by atoms with Gasteiger partial charge in [0.05, 0.1) is 0 Å². The minimum atomic E-state index is 0.441. The maximum Gasteiger partial charge on any atom is 0.0294 e. The quantitative estimate of drug-likeness (QED) is 0.867. The van der Waals surface area contributed by atoms with Crippen LogP contribution >= 0.6 is 15.9 Å². The average Bonchev–Trinajstić information content (AvgIpc) is 2.20. The van der Waals surface area contributed by atoms with Crippen LogP contribution in [-0.4, -0.2) is 6.54 Å². The Morgan fingerprint density at radius 3 is 2.53 bits per heavy atom. The molecule has 0 saturated heterocycles. The van der Waals surface area contributed by atoms with E-state index in [1.54, 1.807) is 0 Å². The molecule has 0 amide bonds. The Kier molecular flexibility index (Phi) is 4.81. The van der Waals surface area contributed by atoms with Gasteiger partial charge < -0.3 is 5.32 Å². The van der Waals surface area contributed by atoms with Crippen molar-refractivity contribution in [2.45, 2.75) is 40.2 Å². The molecule has 15 heavy (non-hydrogen) atoms. The largest absolute Gasteiger partial charge is 0.310 e. The first-order valence-electron chi connectivity index (χ1n) is 5.56. The summed E-state index contributed by atoms with van der Waals surface area (Å²) in [5.74, 6) is 0. The molecular formula is C13H20BrN. The van der Waals surface area contributed by atoms with E-state index in [4.69, 9.17) is 0 Å². The summed E-state index contributed by atoms with van der Waals surface area (Å²) in [6.07, 6.45) is 1.18. The maximum atomic E-state index is 3.56. The van der Waals surface area contributed by atoms with Crippen LogP contribution in [0.4, 0.5) is 0 Å². The lowest BCUT2D eigenvalue weighted by Gasteiger charge is -2.17. The molecule has 0 bridgehead atoms. The molecule has 1 aromatic carbocycles. The second kappa shape index (κ2) is 5.66. The van der Waals surface area contributed by atoms with Gasteiger partial charge in [0, 0.05) is 10.5 Å². The second-order valence-corrected chi connectivity index (χ2v) is 4.99. The number of rotatable bonds is 4. The van der Waals surface area contributed by atoms with Gasteiger partial charge in [0.1, 0.15) is 0 Å². The second-order valence-electron chi connectivity index (χ2n) is 4.13. The van der Waals surface area contributed by atoms with Crippen molar-refractivity contribution < 1.29 is 0 Å². The molecule has 0 saturated carbocycles. The summed E-state index contributed by atoms with van der Waals surface area (Å²) in [7, 11) is 0. The predicted molar refractivity (Wildman–Crippen MR) is 70.3 cm³/mol. The van der Waals surface area contributed by atoms with Gasteiger partial charge >= 0.3 is 0 Å². The Morgan fingerprint density at radius 1 is 1.27 bits per heavy atom. The van der Waals surface area contributed by atoms with Crippen molar-refractivity contribution in [3.05, 3.63) is 33.3 Å². The third-order valence-electron chi connectivity index (χ3n) is 2.71. The molecule has 0 radical (unpaired) electrons. The summed E-state index contributed by atoms with van der Waals surface area (Å²) < 4.78 is 1.20. The van der Waals surface area contributed by atoms with E-state index in [0.717, 1.165) is 6.54 Å². The molecule has 84 valence electrons. The smallest absolute Gasteiger partial charge is 0.0294 e. The van der Waals surface area contributed by atoms with Crippen LogP contribution in [-0.2, 0) is 0 Å². The van der Waals surface area contributed by atoms with Crippen molar-refractivity contribution in [3.63, 3.8) is 0 Å². The maximum absolute atomic E-state index is 3.56. The van der Waals surface area contributed by atoms with E-state index in [1.807, 2.05) is 0 Å². The molecule has 0 aliphatic carbocycles. The summed E-state index contributed by atoms with van der Waals surface area (Å²) in [4.78, 5) is 0. The van der Waals surface area contributed by atoms with E-state index in [2.05, 4.69) is 61.1 Å². The van der Waals surface area contributed by atoms with Gasteiger partial charge in [-0.2, -0.15) is 0 Å². The van der Waals surface area contributed by atoms with Gasteiger partial charge in [0.2, 0.25) is 0 Å². The van der Waals surface area contributed by atoms with Crippen LogP contribution in [0.25, 0.3) is 0 Å². The topological polar surface area (TPSA) is 12.0 Å². The number of hydrogen-bond acceptors (Lipinski definition) is 1. The molecule has 1 aromatic rings. The number of benzene rings is 1. The van der Waals surface area contributed by atoms with Crippen molar-refractivity contribution >= 4 is 15.9 Å². The van der Waals surface area contributed by atoms with Gasteiger partial charge in [-0.05, 0) is 56.5 Å². The van der Waals surface area contributed by atoms with E-state index in [1.165, 1.54) is 27.6 Å². The Morgan fingerprint density at radius 2 is 1.93 bits per heavy atom. The SMILES string of the molecule is CCCNC(C)c1cc(C)c(Br)cc1C. The molecule has 1 atom stereocenters. The monoisotopic (exact) mass is 269 g/mol. The predicted octanol–water partition coefficient (Wildman–Crippen LogP) is 4.13. The van der Waals surface area contributed by atoms with Gasteiger partial charge in [-0.15, -0.1) is 0 Å². The molecule has 0 heterocycles. The zero-order valence-electron chi connectivity index (χ0n) is 10.0. The first-order valence-corrected chi connectivity index (χ1v) is 6.35. The lowest BCUT2D eigenvalue weighted by molar-refractivity contribution is 0.568. The summed E-state index contributed by atoms with van der Waals surface area (Å²) >= 11 is 3.56. The number of aryl methyl sites for hydroxylation is 2. The third kappa shape index (κ3) is 3.32. The van der Waals surface area contributed by atoms with E-state index in [-0.39, 0.29) is 0 Å². The molecule has 0 fully saturated rings. The van der Waals surface area contributed by atoms with Crippen LogP contribution in [0.15, 0.2) is 16.6 Å². The summed E-state index contributed by atoms with van der Waals surface area (Å²) in [5.41, 5.74) is 4.06. The van der Waals surface area contributed by atoms with Gasteiger partial charge in [0.25, 0.3) is 0 Å². The fourth-order valence-electron chi connectivity index (χ4n) is 1.74. The molecule has 1 N–H and O–H groups in total. The van der Waals surface area contributed by atoms with Gasteiger partial charge in [-0.25, -0.2) is 0 Å². The fourth-order valence-corrected chi connectivity index (χ4v) is 2.20. The molecule has 0 aliphatic rings. The van der Waals surface area contributed by atoms with Crippen LogP contribution in [0.2, 0.25) is 0 Å². The van der Waals surface area contributed by atoms with Crippen LogP contribution in [0.5, 0.6) is 0 Å². The molecule has 0 spiro atoms. The molecule has 0 aromatic heterocycles. The van der Waals surface area contributed by atoms with Crippen LogP contribution in [0.1, 0.15) is 43.0 Å². The van der Waals surface area contributed by atoms with Crippen molar-refractivity contribution in [2.24, 2.45) is 0 Å². The zero-order valence-corrected chi connectivity index (χ0v) is 11.6. The highest BCUT2D eigenvalue weighted by molar-refractivity contribution is 9.10. The first kappa shape index (κ1) is 12.7. The molecule has 1 rings (SSSR count). The standard InChI is InChI=1S/C13H20BrN/c1-5-6-15-11(4)12-7-10(3)13(14)8-9(12)2/h7-8,11,15H,5-6H2,1-4H3. The number of hydrogen-bond donors (Lipinski definition) is 1. The van der Waals surface area contributed by atoms with Gasteiger partial charge in [-0.3, -0.25) is 0 Å². The highest BCUT2D eigenvalue weighted by Gasteiger charge is 2.09. The lowest BCUT2D eigenvalue weighted by Crippen LogP contribution is -2.20. The van der Waals surface area contributed by atoms with Crippen LogP contribution in [0, 0.1) is 13.8 Å². The summed E-state index contributed by atoms with van der Waals surface area (Å²) in [6.45, 7) is 9.81. The molecular weight excluding hydrogens is 250 g/mol. The Hall–Kier alpha value is -0.340. The number of halogens is 1. The summed E-state index contributed by atoms with van der Waals surface area (Å²) in [5, 5.41) is 3.52. The molecule has 1 unspecified atom stereocenters. The normalized spacial score (nSPS) is 12.9. The minimum absolute atomic E-state index is 0.441. The third-order valence-corrected chi connectivity index (χ3v) is 3.57.